The molecule has 5 nitrogen and oxygen atoms in total. The summed E-state index contributed by atoms with van der Waals surface area (Å²) in [4.78, 5) is 10.0. The van der Waals surface area contributed by atoms with E-state index in [9.17, 15) is 9.18 Å². The van der Waals surface area contributed by atoms with Crippen LogP contribution in [0.5, 0.6) is 5.75 Å². The van der Waals surface area contributed by atoms with E-state index in [4.69, 9.17) is 18.9 Å². The zero-order chi connectivity index (χ0) is 16.8. The molecule has 0 fully saturated rings. The highest BCUT2D eigenvalue weighted by Gasteiger charge is 2.03. The number of hydrogen-bond donors (Lipinski definition) is 0. The van der Waals surface area contributed by atoms with Crippen molar-refractivity contribution in [3.63, 3.8) is 0 Å². The minimum absolute atomic E-state index is 0.245. The van der Waals surface area contributed by atoms with Gasteiger partial charge in [-0.05, 0) is 24.1 Å². The van der Waals surface area contributed by atoms with Crippen LogP contribution in [-0.2, 0) is 25.4 Å². The van der Waals surface area contributed by atoms with Crippen molar-refractivity contribution in [1.29, 1.82) is 0 Å². The molecule has 130 valence electrons. The van der Waals surface area contributed by atoms with Crippen LogP contribution in [0.25, 0.3) is 0 Å². The maximum Gasteiger partial charge on any atom is 0.165 e. The quantitative estimate of drug-likeness (QED) is 0.388. The van der Waals surface area contributed by atoms with Crippen molar-refractivity contribution in [2.75, 3.05) is 46.2 Å². The second-order valence-corrected chi connectivity index (χ2v) is 4.76. The lowest BCUT2D eigenvalue weighted by atomic mass is 10.1. The molecule has 23 heavy (non-hydrogen) atoms. The highest BCUT2D eigenvalue weighted by atomic mass is 19.1. The number of ether oxygens (including phenoxy) is 4. The highest BCUT2D eigenvalue weighted by Crippen LogP contribution is 2.18. The highest BCUT2D eigenvalue weighted by molar-refractivity contribution is 5.49. The van der Waals surface area contributed by atoms with Gasteiger partial charge in [0.25, 0.3) is 0 Å². The van der Waals surface area contributed by atoms with Gasteiger partial charge in [-0.1, -0.05) is 13.0 Å². The lowest BCUT2D eigenvalue weighted by Crippen LogP contribution is -2.13. The number of halogens is 1. The first-order chi connectivity index (χ1) is 11.3. The van der Waals surface area contributed by atoms with Crippen LogP contribution in [0.3, 0.4) is 0 Å². The lowest BCUT2D eigenvalue weighted by Gasteiger charge is -2.09. The molecule has 0 heterocycles. The van der Waals surface area contributed by atoms with Gasteiger partial charge in [0, 0.05) is 6.42 Å². The van der Waals surface area contributed by atoms with E-state index >= 15 is 0 Å². The Morgan fingerprint density at radius 1 is 0.957 bits per heavy atom. The zero-order valence-corrected chi connectivity index (χ0v) is 13.6. The molecule has 1 rings (SSSR count). The molecule has 0 saturated carbocycles. The number of hydrogen-bond acceptors (Lipinski definition) is 5. The maximum atomic E-state index is 13.6. The summed E-state index contributed by atoms with van der Waals surface area (Å²) in [6.45, 7) is 4.88. The molecule has 1 aromatic rings. The SMILES string of the molecule is CCc1ccc(OCCOCCOCCOCCC=O)c(F)c1. The number of aldehydes is 1. The van der Waals surface area contributed by atoms with E-state index in [-0.39, 0.29) is 18.2 Å². The Bertz CT molecular complexity index is 439. The van der Waals surface area contributed by atoms with Crippen LogP contribution in [0, 0.1) is 5.82 Å². The summed E-state index contributed by atoms with van der Waals surface area (Å²) in [7, 11) is 0. The normalized spacial score (nSPS) is 10.7. The molecule has 6 heteroatoms. The molecular weight excluding hydrogens is 303 g/mol. The Kier molecular flexibility index (Phi) is 11.0. The summed E-state index contributed by atoms with van der Waals surface area (Å²) >= 11 is 0. The Morgan fingerprint density at radius 3 is 2.13 bits per heavy atom. The number of carbonyl (C=O) groups excluding carboxylic acids is 1. The fourth-order valence-corrected chi connectivity index (χ4v) is 1.77. The molecule has 0 aliphatic heterocycles. The summed E-state index contributed by atoms with van der Waals surface area (Å²) in [5, 5.41) is 0. The van der Waals surface area contributed by atoms with Gasteiger partial charge >= 0.3 is 0 Å². The minimum atomic E-state index is -0.345. The van der Waals surface area contributed by atoms with E-state index < -0.39 is 0 Å². The van der Waals surface area contributed by atoms with E-state index in [1.54, 1.807) is 6.07 Å². The number of carbonyl (C=O) groups is 1. The predicted octanol–water partition coefficient (Wildman–Crippen LogP) is 2.41. The smallest absolute Gasteiger partial charge is 0.165 e. The number of benzene rings is 1. The maximum absolute atomic E-state index is 13.6. The molecule has 0 N–H and O–H groups in total. The average molecular weight is 328 g/mol. The van der Waals surface area contributed by atoms with Crippen LogP contribution in [0.1, 0.15) is 18.9 Å². The van der Waals surface area contributed by atoms with Crippen LogP contribution in [0.15, 0.2) is 18.2 Å². The first kappa shape index (κ1) is 19.5. The Hall–Kier alpha value is -1.50. The zero-order valence-electron chi connectivity index (χ0n) is 13.6. The summed E-state index contributed by atoms with van der Waals surface area (Å²) < 4.78 is 34.7. The van der Waals surface area contributed by atoms with Gasteiger partial charge in [-0.25, -0.2) is 4.39 Å². The van der Waals surface area contributed by atoms with Crippen molar-refractivity contribution in [3.8, 4) is 5.75 Å². The lowest BCUT2D eigenvalue weighted by molar-refractivity contribution is -0.108. The van der Waals surface area contributed by atoms with Crippen molar-refractivity contribution < 1.29 is 28.1 Å². The Labute approximate surface area is 136 Å². The van der Waals surface area contributed by atoms with Crippen molar-refractivity contribution in [2.45, 2.75) is 19.8 Å². The third kappa shape index (κ3) is 9.28. The average Bonchev–Trinajstić information content (AvgIpc) is 2.57. The predicted molar refractivity (Wildman–Crippen MR) is 84.4 cm³/mol. The van der Waals surface area contributed by atoms with Crippen molar-refractivity contribution in [1.82, 2.24) is 0 Å². The summed E-state index contributed by atoms with van der Waals surface area (Å²) in [6.07, 6.45) is 2.02. The second kappa shape index (κ2) is 13.0. The van der Waals surface area contributed by atoms with Gasteiger partial charge in [-0.15, -0.1) is 0 Å². The molecule has 0 aliphatic carbocycles. The molecule has 1 aromatic carbocycles. The summed E-state index contributed by atoms with van der Waals surface area (Å²) in [6, 6.07) is 4.98. The minimum Gasteiger partial charge on any atom is -0.488 e. The summed E-state index contributed by atoms with van der Waals surface area (Å²) in [5.74, 6) is -0.100. The molecule has 0 bridgehead atoms. The molecule has 0 aromatic heterocycles. The first-order valence-corrected chi connectivity index (χ1v) is 7.86. The van der Waals surface area contributed by atoms with E-state index in [1.807, 2.05) is 13.0 Å². The van der Waals surface area contributed by atoms with Crippen molar-refractivity contribution >= 4 is 6.29 Å². The van der Waals surface area contributed by atoms with E-state index in [2.05, 4.69) is 0 Å². The van der Waals surface area contributed by atoms with Crippen LogP contribution < -0.4 is 4.74 Å². The van der Waals surface area contributed by atoms with Gasteiger partial charge in [0.05, 0.1) is 39.6 Å². The largest absolute Gasteiger partial charge is 0.488 e. The number of rotatable bonds is 14. The molecule has 0 atom stereocenters. The first-order valence-electron chi connectivity index (χ1n) is 7.86. The van der Waals surface area contributed by atoms with Gasteiger partial charge in [0.1, 0.15) is 12.9 Å². The van der Waals surface area contributed by atoms with Gasteiger partial charge < -0.3 is 23.7 Å². The second-order valence-electron chi connectivity index (χ2n) is 4.76. The third-order valence-corrected chi connectivity index (χ3v) is 3.01. The fourth-order valence-electron chi connectivity index (χ4n) is 1.77. The monoisotopic (exact) mass is 328 g/mol. The molecular formula is C17H25FO5. The van der Waals surface area contributed by atoms with E-state index in [0.29, 0.717) is 46.1 Å². The van der Waals surface area contributed by atoms with Crippen molar-refractivity contribution in [2.24, 2.45) is 0 Å². The molecule has 0 amide bonds. The fraction of sp³-hybridized carbons (Fsp3) is 0.588. The molecule has 0 saturated heterocycles. The Morgan fingerprint density at radius 2 is 1.57 bits per heavy atom. The molecule has 0 unspecified atom stereocenters. The van der Waals surface area contributed by atoms with E-state index in [0.717, 1.165) is 18.3 Å². The van der Waals surface area contributed by atoms with E-state index in [1.165, 1.54) is 6.07 Å². The van der Waals surface area contributed by atoms with Crippen LogP contribution in [0.4, 0.5) is 4.39 Å². The Balaban J connectivity index is 1.94. The van der Waals surface area contributed by atoms with Gasteiger partial charge in [-0.2, -0.15) is 0 Å². The van der Waals surface area contributed by atoms with Gasteiger partial charge in [-0.3, -0.25) is 0 Å². The van der Waals surface area contributed by atoms with Crippen molar-refractivity contribution in [3.05, 3.63) is 29.6 Å². The van der Waals surface area contributed by atoms with Crippen LogP contribution >= 0.6 is 0 Å². The van der Waals surface area contributed by atoms with Crippen LogP contribution in [-0.4, -0.2) is 52.5 Å². The topological polar surface area (TPSA) is 54.0 Å². The third-order valence-electron chi connectivity index (χ3n) is 3.01. The van der Waals surface area contributed by atoms with Gasteiger partial charge in [0.2, 0.25) is 0 Å². The molecule has 0 radical (unpaired) electrons. The number of aryl methyl sites for hydroxylation is 1. The van der Waals surface area contributed by atoms with Crippen LogP contribution in [0.2, 0.25) is 0 Å². The molecule has 0 spiro atoms. The molecule has 0 aliphatic rings. The van der Waals surface area contributed by atoms with Gasteiger partial charge in [0.15, 0.2) is 11.6 Å². The standard InChI is InChI=1S/C17H25FO5/c1-2-15-4-5-17(16(18)14-15)23-13-12-22-11-10-21-9-8-20-7-3-6-19/h4-6,14H,2-3,7-13H2,1H3. The summed E-state index contributed by atoms with van der Waals surface area (Å²) in [5.41, 5.74) is 0.943.